The van der Waals surface area contributed by atoms with Gasteiger partial charge in [0.05, 0.1) is 11.0 Å². The van der Waals surface area contributed by atoms with Gasteiger partial charge in [0.2, 0.25) is 0 Å². The van der Waals surface area contributed by atoms with Crippen LogP contribution in [-0.4, -0.2) is 57.6 Å². The van der Waals surface area contributed by atoms with E-state index >= 15 is 0 Å². The van der Waals surface area contributed by atoms with E-state index in [0.29, 0.717) is 24.4 Å². The third-order valence-electron chi connectivity index (χ3n) is 7.78. The highest BCUT2D eigenvalue weighted by molar-refractivity contribution is 5.81. The number of hydrogen-bond acceptors (Lipinski definition) is 7. The normalized spacial score (nSPS) is 17.7. The number of nitrogens with zero attached hydrogens (tertiary/aromatic N) is 2. The summed E-state index contributed by atoms with van der Waals surface area (Å²) in [7, 11) is 0. The number of carbonyl (C=O) groups excluding carboxylic acids is 1. The number of benzene rings is 1. The van der Waals surface area contributed by atoms with Crippen molar-refractivity contribution < 1.29 is 19.4 Å². The van der Waals surface area contributed by atoms with Gasteiger partial charge in [-0.3, -0.25) is 9.59 Å². The molecule has 2 aliphatic rings. The van der Waals surface area contributed by atoms with E-state index in [0.717, 1.165) is 86.3 Å². The Morgan fingerprint density at radius 2 is 2.03 bits per heavy atom. The zero-order valence-corrected chi connectivity index (χ0v) is 22.1. The first kappa shape index (κ1) is 26.6. The molecule has 3 aromatic rings. The van der Waals surface area contributed by atoms with Crippen molar-refractivity contribution in [3.63, 3.8) is 0 Å². The zero-order valence-electron chi connectivity index (χ0n) is 22.1. The summed E-state index contributed by atoms with van der Waals surface area (Å²) in [6, 6.07) is 7.51. The Morgan fingerprint density at radius 1 is 1.24 bits per heavy atom. The summed E-state index contributed by atoms with van der Waals surface area (Å²) in [6.07, 6.45) is 8.08. The maximum atomic E-state index is 12.7. The molecule has 0 amide bonds. The second kappa shape index (κ2) is 12.2. The summed E-state index contributed by atoms with van der Waals surface area (Å²) >= 11 is 0. The van der Waals surface area contributed by atoms with Crippen molar-refractivity contribution >= 4 is 17.0 Å². The molecule has 1 saturated carbocycles. The Morgan fingerprint density at radius 3 is 2.76 bits per heavy atom. The molecule has 9 nitrogen and oxygen atoms in total. The molecule has 5 rings (SSSR count). The number of imidazole rings is 1. The molecule has 1 aliphatic heterocycles. The first-order valence-corrected chi connectivity index (χ1v) is 13.8. The number of aliphatic hydroxyl groups excluding tert-OH is 1. The summed E-state index contributed by atoms with van der Waals surface area (Å²) in [4.78, 5) is 32.5. The number of ether oxygens (including phenoxy) is 2. The first-order chi connectivity index (χ1) is 18.5. The van der Waals surface area contributed by atoms with Gasteiger partial charge in [-0.25, -0.2) is 4.98 Å². The van der Waals surface area contributed by atoms with Gasteiger partial charge in [-0.2, -0.15) is 0 Å². The zero-order chi connectivity index (χ0) is 26.5. The second-order valence-corrected chi connectivity index (χ2v) is 10.6. The van der Waals surface area contributed by atoms with Crippen LogP contribution in [0.2, 0.25) is 0 Å². The minimum absolute atomic E-state index is 0.00322. The molecule has 0 unspecified atom stereocenters. The molecule has 1 aromatic carbocycles. The van der Waals surface area contributed by atoms with E-state index < -0.39 is 6.04 Å². The van der Waals surface area contributed by atoms with Crippen molar-refractivity contribution in [2.24, 2.45) is 5.92 Å². The highest BCUT2D eigenvalue weighted by atomic mass is 16.5. The molecule has 9 heteroatoms. The van der Waals surface area contributed by atoms with Crippen molar-refractivity contribution in [1.29, 1.82) is 0 Å². The molecule has 2 aromatic heterocycles. The number of aromatic amines is 1. The number of pyridine rings is 1. The van der Waals surface area contributed by atoms with Crippen molar-refractivity contribution in [1.82, 2.24) is 19.9 Å². The molecule has 3 N–H and O–H groups in total. The number of nitrogens with one attached hydrogen (secondary N) is 2. The fraction of sp³-hybridized carbons (Fsp3) is 0.552. The summed E-state index contributed by atoms with van der Waals surface area (Å²) in [5, 5.41) is 12.8. The third kappa shape index (κ3) is 6.17. The van der Waals surface area contributed by atoms with Crippen molar-refractivity contribution in [3.8, 4) is 11.4 Å². The Labute approximate surface area is 222 Å². The number of aromatic nitrogens is 3. The maximum Gasteiger partial charge on any atom is 0.323 e. The van der Waals surface area contributed by atoms with Crippen LogP contribution in [0.5, 0.6) is 0 Å². The average Bonchev–Trinajstić information content (AvgIpc) is 3.56. The van der Waals surface area contributed by atoms with Crippen LogP contribution in [0.15, 0.2) is 35.3 Å². The van der Waals surface area contributed by atoms with E-state index in [1.165, 1.54) is 0 Å². The van der Waals surface area contributed by atoms with E-state index in [1.54, 1.807) is 13.1 Å². The number of aliphatic hydroxyl groups is 1. The van der Waals surface area contributed by atoms with Crippen LogP contribution in [-0.2, 0) is 27.4 Å². The third-order valence-corrected chi connectivity index (χ3v) is 7.78. The van der Waals surface area contributed by atoms with Gasteiger partial charge in [0, 0.05) is 50.2 Å². The van der Waals surface area contributed by atoms with Gasteiger partial charge in [0.25, 0.3) is 5.56 Å². The first-order valence-electron chi connectivity index (χ1n) is 13.8. The fourth-order valence-electron chi connectivity index (χ4n) is 5.53. The Hall–Kier alpha value is -3.01. The predicted molar refractivity (Wildman–Crippen MR) is 145 cm³/mol. The SMILES string of the molecule is Cc1cc(-c2nc3cc(CN[C@@H](CCO)C(=O)OC4CCCC4)ccc3n2CC2CCOCC2)c[nH]c1=O. The van der Waals surface area contributed by atoms with E-state index in [2.05, 4.69) is 27.0 Å². The molecule has 1 aliphatic carbocycles. The lowest BCUT2D eigenvalue weighted by molar-refractivity contribution is -0.151. The lowest BCUT2D eigenvalue weighted by Gasteiger charge is -2.23. The number of aryl methyl sites for hydroxylation is 1. The number of H-pyrrole nitrogens is 1. The van der Waals surface area contributed by atoms with Crippen LogP contribution < -0.4 is 10.9 Å². The monoisotopic (exact) mass is 522 g/mol. The van der Waals surface area contributed by atoms with Crippen LogP contribution in [0.25, 0.3) is 22.4 Å². The van der Waals surface area contributed by atoms with Crippen molar-refractivity contribution in [2.75, 3.05) is 19.8 Å². The number of esters is 1. The molecule has 3 heterocycles. The maximum absolute atomic E-state index is 12.7. The summed E-state index contributed by atoms with van der Waals surface area (Å²) in [5.41, 5.74) is 4.32. The Kier molecular flexibility index (Phi) is 8.56. The number of fused-ring (bicyclic) bond motifs is 1. The molecule has 0 spiro atoms. The quantitative estimate of drug-likeness (QED) is 0.349. The highest BCUT2D eigenvalue weighted by Crippen LogP contribution is 2.29. The minimum Gasteiger partial charge on any atom is -0.461 e. The lowest BCUT2D eigenvalue weighted by atomic mass is 10.00. The van der Waals surface area contributed by atoms with Crippen LogP contribution >= 0.6 is 0 Å². The van der Waals surface area contributed by atoms with Crippen LogP contribution in [0, 0.1) is 12.8 Å². The molecule has 38 heavy (non-hydrogen) atoms. The van der Waals surface area contributed by atoms with E-state index in [1.807, 2.05) is 12.1 Å². The number of carbonyl (C=O) groups is 1. The molecular weight excluding hydrogens is 484 g/mol. The van der Waals surface area contributed by atoms with Gasteiger partial charge in [-0.1, -0.05) is 6.07 Å². The molecule has 2 fully saturated rings. The van der Waals surface area contributed by atoms with Gasteiger partial charge >= 0.3 is 5.97 Å². The van der Waals surface area contributed by atoms with Gasteiger partial charge < -0.3 is 29.4 Å². The second-order valence-electron chi connectivity index (χ2n) is 10.6. The fourth-order valence-corrected chi connectivity index (χ4v) is 5.53. The van der Waals surface area contributed by atoms with E-state index in [4.69, 9.17) is 14.5 Å². The lowest BCUT2D eigenvalue weighted by Crippen LogP contribution is -2.39. The summed E-state index contributed by atoms with van der Waals surface area (Å²) < 4.78 is 13.5. The van der Waals surface area contributed by atoms with E-state index in [9.17, 15) is 14.7 Å². The molecule has 204 valence electrons. The standard InChI is InChI=1S/C29H38N4O5/c1-19-14-22(17-31-28(19)35)27-32-25-15-21(6-7-26(25)33(27)18-20-9-12-37-13-10-20)16-30-24(8-11-34)29(36)38-23-4-2-3-5-23/h6-7,14-15,17,20,23-24,30,34H,2-5,8-13,16,18H2,1H3,(H,31,35)/t24-/m0/s1. The molecule has 1 saturated heterocycles. The van der Waals surface area contributed by atoms with E-state index in [-0.39, 0.29) is 24.2 Å². The van der Waals surface area contributed by atoms with Gasteiger partial charge in [-0.15, -0.1) is 0 Å². The van der Waals surface area contributed by atoms with Crippen LogP contribution in [0.1, 0.15) is 56.1 Å². The Balaban J connectivity index is 1.38. The summed E-state index contributed by atoms with van der Waals surface area (Å²) in [5.74, 6) is 1.04. The van der Waals surface area contributed by atoms with Gasteiger partial charge in [0.15, 0.2) is 0 Å². The molecule has 0 bridgehead atoms. The smallest absolute Gasteiger partial charge is 0.323 e. The van der Waals surface area contributed by atoms with Crippen molar-refractivity contribution in [2.45, 2.75) is 77.1 Å². The Bertz CT molecular complexity index is 1300. The predicted octanol–water partition coefficient (Wildman–Crippen LogP) is 3.45. The largest absolute Gasteiger partial charge is 0.461 e. The van der Waals surface area contributed by atoms with Crippen molar-refractivity contribution in [3.05, 3.63) is 51.9 Å². The topological polar surface area (TPSA) is 118 Å². The number of rotatable bonds is 10. The molecular formula is C29H38N4O5. The average molecular weight is 523 g/mol. The number of hydrogen-bond donors (Lipinski definition) is 3. The molecule has 1 atom stereocenters. The van der Waals surface area contributed by atoms with Gasteiger partial charge in [-0.05, 0) is 81.5 Å². The van der Waals surface area contributed by atoms with Crippen LogP contribution in [0.4, 0.5) is 0 Å². The minimum atomic E-state index is -0.554. The summed E-state index contributed by atoms with van der Waals surface area (Å²) in [6.45, 7) is 4.56. The van der Waals surface area contributed by atoms with Crippen LogP contribution in [0.3, 0.4) is 0 Å². The highest BCUT2D eigenvalue weighted by Gasteiger charge is 2.25. The van der Waals surface area contributed by atoms with Gasteiger partial charge in [0.1, 0.15) is 18.0 Å². The molecule has 0 radical (unpaired) electrons.